The van der Waals surface area contributed by atoms with Crippen molar-refractivity contribution < 1.29 is 9.13 Å². The van der Waals surface area contributed by atoms with Crippen LogP contribution in [0.25, 0.3) is 10.8 Å². The van der Waals surface area contributed by atoms with Crippen LogP contribution in [-0.4, -0.2) is 31.1 Å². The van der Waals surface area contributed by atoms with Crippen LogP contribution in [0.1, 0.15) is 25.0 Å². The second kappa shape index (κ2) is 13.5. The lowest BCUT2D eigenvalue weighted by Gasteiger charge is -2.19. The van der Waals surface area contributed by atoms with E-state index in [4.69, 9.17) is 4.74 Å². The van der Waals surface area contributed by atoms with Gasteiger partial charge in [0.25, 0.3) is 0 Å². The molecule has 0 aliphatic rings. The molecule has 30 heavy (non-hydrogen) atoms. The fourth-order valence-electron chi connectivity index (χ4n) is 3.39. The third-order valence-corrected chi connectivity index (χ3v) is 5.14. The Morgan fingerprint density at radius 2 is 1.60 bits per heavy atom. The minimum Gasteiger partial charge on any atom is -0.488 e. The van der Waals surface area contributed by atoms with E-state index in [9.17, 15) is 4.39 Å². The highest BCUT2D eigenvalue weighted by Gasteiger charge is 2.10. The molecule has 0 fully saturated rings. The zero-order chi connectivity index (χ0) is 19.8. The number of likely N-dealkylation sites (N-methyl/N-ethyl adjacent to an activating group) is 1. The first kappa shape index (κ1) is 26.2. The summed E-state index contributed by atoms with van der Waals surface area (Å²) >= 11 is 0. The van der Waals surface area contributed by atoms with Gasteiger partial charge in [-0.3, -0.25) is 0 Å². The van der Waals surface area contributed by atoms with E-state index in [-0.39, 0.29) is 37.2 Å². The summed E-state index contributed by atoms with van der Waals surface area (Å²) in [6.45, 7) is 9.35. The Kier molecular flexibility index (Phi) is 11.7. The van der Waals surface area contributed by atoms with E-state index in [1.165, 1.54) is 16.8 Å². The van der Waals surface area contributed by atoms with Crippen molar-refractivity contribution in [2.75, 3.05) is 26.2 Å². The average Bonchev–Trinajstić information content (AvgIpc) is 2.73. The molecular formula is C24H31Cl2FN2O. The fourth-order valence-corrected chi connectivity index (χ4v) is 3.39. The monoisotopic (exact) mass is 452 g/mol. The van der Waals surface area contributed by atoms with E-state index in [0.29, 0.717) is 5.56 Å². The van der Waals surface area contributed by atoms with Gasteiger partial charge in [-0.15, -0.1) is 24.8 Å². The molecular weight excluding hydrogens is 422 g/mol. The Bertz CT molecular complexity index is 903. The molecule has 0 saturated heterocycles. The molecule has 3 rings (SSSR count). The van der Waals surface area contributed by atoms with Crippen molar-refractivity contribution in [2.24, 2.45) is 0 Å². The number of hydrogen-bond donors (Lipinski definition) is 1. The summed E-state index contributed by atoms with van der Waals surface area (Å²) in [5.74, 6) is 0.569. The van der Waals surface area contributed by atoms with Crippen molar-refractivity contribution >= 4 is 35.6 Å². The summed E-state index contributed by atoms with van der Waals surface area (Å²) < 4.78 is 20.0. The molecule has 0 spiro atoms. The maximum Gasteiger partial charge on any atom is 0.129 e. The first-order chi connectivity index (χ1) is 13.7. The highest BCUT2D eigenvalue weighted by Crippen LogP contribution is 2.29. The van der Waals surface area contributed by atoms with Crippen molar-refractivity contribution in [3.8, 4) is 5.75 Å². The number of fused-ring (bicyclic) bond motifs is 1. The van der Waals surface area contributed by atoms with Crippen LogP contribution in [-0.2, 0) is 13.2 Å². The van der Waals surface area contributed by atoms with Gasteiger partial charge in [-0.1, -0.05) is 62.4 Å². The summed E-state index contributed by atoms with van der Waals surface area (Å²) in [6, 6.07) is 19.1. The number of halogens is 3. The van der Waals surface area contributed by atoms with Gasteiger partial charge in [-0.2, -0.15) is 0 Å². The van der Waals surface area contributed by atoms with E-state index in [1.54, 1.807) is 12.1 Å². The largest absolute Gasteiger partial charge is 0.488 e. The van der Waals surface area contributed by atoms with E-state index in [0.717, 1.165) is 44.0 Å². The molecule has 3 aromatic rings. The van der Waals surface area contributed by atoms with Crippen molar-refractivity contribution in [1.29, 1.82) is 0 Å². The molecule has 0 heterocycles. The molecule has 0 saturated carbocycles. The van der Waals surface area contributed by atoms with Gasteiger partial charge >= 0.3 is 0 Å². The van der Waals surface area contributed by atoms with Gasteiger partial charge in [0.05, 0.1) is 0 Å². The van der Waals surface area contributed by atoms with Crippen LogP contribution in [0.3, 0.4) is 0 Å². The van der Waals surface area contributed by atoms with Crippen molar-refractivity contribution in [3.63, 3.8) is 0 Å². The average molecular weight is 453 g/mol. The topological polar surface area (TPSA) is 24.5 Å². The number of nitrogens with one attached hydrogen (secondary N) is 1. The summed E-state index contributed by atoms with van der Waals surface area (Å²) in [4.78, 5) is 2.39. The van der Waals surface area contributed by atoms with E-state index >= 15 is 0 Å². The normalized spacial score (nSPS) is 10.5. The number of nitrogens with zero attached hydrogens (tertiary/aromatic N) is 1. The van der Waals surface area contributed by atoms with Crippen molar-refractivity contribution in [1.82, 2.24) is 10.2 Å². The predicted molar refractivity (Wildman–Crippen MR) is 129 cm³/mol. The molecule has 1 N–H and O–H groups in total. The molecule has 0 aliphatic heterocycles. The van der Waals surface area contributed by atoms with Gasteiger partial charge in [0, 0.05) is 30.8 Å². The molecule has 0 aromatic heterocycles. The minimum atomic E-state index is -0.234. The quantitative estimate of drug-likeness (QED) is 0.391. The lowest BCUT2D eigenvalue weighted by atomic mass is 10.0. The highest BCUT2D eigenvalue weighted by molar-refractivity contribution is 5.87. The molecule has 0 atom stereocenters. The molecule has 0 unspecified atom stereocenters. The third-order valence-electron chi connectivity index (χ3n) is 5.14. The zero-order valence-electron chi connectivity index (χ0n) is 17.6. The predicted octanol–water partition coefficient (Wildman–Crippen LogP) is 5.83. The lowest BCUT2D eigenvalue weighted by Crippen LogP contribution is -2.31. The first-order valence-electron chi connectivity index (χ1n) is 10.0. The van der Waals surface area contributed by atoms with Crippen LogP contribution in [0.4, 0.5) is 4.39 Å². The second-order valence-corrected chi connectivity index (χ2v) is 6.85. The van der Waals surface area contributed by atoms with Crippen LogP contribution in [0.5, 0.6) is 5.75 Å². The van der Waals surface area contributed by atoms with Gasteiger partial charge in [0.15, 0.2) is 0 Å². The smallest absolute Gasteiger partial charge is 0.129 e. The Morgan fingerprint density at radius 1 is 0.900 bits per heavy atom. The zero-order valence-corrected chi connectivity index (χ0v) is 19.2. The van der Waals surface area contributed by atoms with Crippen LogP contribution in [0.15, 0.2) is 60.7 Å². The van der Waals surface area contributed by atoms with Crippen molar-refractivity contribution in [3.05, 3.63) is 77.6 Å². The summed E-state index contributed by atoms with van der Waals surface area (Å²) in [7, 11) is 0. The van der Waals surface area contributed by atoms with Crippen LogP contribution < -0.4 is 10.1 Å². The molecule has 0 amide bonds. The Hall–Kier alpha value is -1.85. The first-order valence-corrected chi connectivity index (χ1v) is 10.0. The standard InChI is InChI=1S/C24H29FN2O.2ClH/c1-3-27(4-2)16-15-26-17-22-21-11-7-5-9-19(21)13-14-24(22)28-18-20-10-6-8-12-23(20)25;;/h5-14,26H,3-4,15-18H2,1-2H3;2*1H. The lowest BCUT2D eigenvalue weighted by molar-refractivity contribution is 0.292. The van der Waals surface area contributed by atoms with Gasteiger partial charge in [-0.05, 0) is 36.0 Å². The van der Waals surface area contributed by atoms with Crippen LogP contribution >= 0.6 is 24.8 Å². The fraction of sp³-hybridized carbons (Fsp3) is 0.333. The summed E-state index contributed by atoms with van der Waals surface area (Å²) in [5.41, 5.74) is 1.69. The Balaban J connectivity index is 0.00000225. The number of ether oxygens (including phenoxy) is 1. The van der Waals surface area contributed by atoms with Crippen molar-refractivity contribution in [2.45, 2.75) is 27.0 Å². The molecule has 0 aliphatic carbocycles. The summed E-state index contributed by atoms with van der Waals surface area (Å²) in [5, 5.41) is 5.90. The number of benzene rings is 3. The Labute approximate surface area is 191 Å². The Morgan fingerprint density at radius 3 is 2.33 bits per heavy atom. The molecule has 164 valence electrons. The highest BCUT2D eigenvalue weighted by atomic mass is 35.5. The maximum atomic E-state index is 13.9. The number of hydrogen-bond acceptors (Lipinski definition) is 3. The van der Waals surface area contributed by atoms with Gasteiger partial charge in [0.2, 0.25) is 0 Å². The maximum absolute atomic E-state index is 13.9. The van der Waals surface area contributed by atoms with Gasteiger partial charge < -0.3 is 15.0 Å². The molecule has 6 heteroatoms. The van der Waals surface area contributed by atoms with Crippen LogP contribution in [0, 0.1) is 5.82 Å². The SMILES string of the molecule is CCN(CC)CCNCc1c(OCc2ccccc2F)ccc2ccccc12.Cl.Cl. The van der Waals surface area contributed by atoms with E-state index < -0.39 is 0 Å². The van der Waals surface area contributed by atoms with Gasteiger partial charge in [0.1, 0.15) is 18.2 Å². The minimum absolute atomic E-state index is 0. The van der Waals surface area contributed by atoms with Crippen LogP contribution in [0.2, 0.25) is 0 Å². The molecule has 3 aromatic carbocycles. The second-order valence-electron chi connectivity index (χ2n) is 6.85. The third kappa shape index (κ3) is 6.85. The number of rotatable bonds is 10. The molecule has 3 nitrogen and oxygen atoms in total. The van der Waals surface area contributed by atoms with E-state index in [2.05, 4.69) is 42.3 Å². The summed E-state index contributed by atoms with van der Waals surface area (Å²) in [6.07, 6.45) is 0. The van der Waals surface area contributed by atoms with E-state index in [1.807, 2.05) is 24.3 Å². The molecule has 0 radical (unpaired) electrons. The molecule has 0 bridgehead atoms. The van der Waals surface area contributed by atoms with Gasteiger partial charge in [-0.25, -0.2) is 4.39 Å².